The average molecular weight is 324 g/mol. The molecule has 7 heteroatoms. The van der Waals surface area contributed by atoms with Crippen molar-refractivity contribution in [1.82, 2.24) is 0 Å². The van der Waals surface area contributed by atoms with Crippen molar-refractivity contribution in [2.75, 3.05) is 13.7 Å². The number of ether oxygens (including phenoxy) is 6. The van der Waals surface area contributed by atoms with E-state index in [0.29, 0.717) is 6.61 Å². The molecule has 0 spiro atoms. The van der Waals surface area contributed by atoms with Crippen molar-refractivity contribution >= 4 is 17.5 Å². The minimum atomic E-state index is -0.549. The lowest BCUT2D eigenvalue weighted by atomic mass is 9.98. The van der Waals surface area contributed by atoms with Crippen molar-refractivity contribution in [3.63, 3.8) is 0 Å². The molecule has 1 aromatic carbocycles. The summed E-state index contributed by atoms with van der Waals surface area (Å²) in [6.07, 6.45) is -2.39. The van der Waals surface area contributed by atoms with Crippen LogP contribution in [0.3, 0.4) is 0 Å². The number of thiocarbonyl (C=S) groups is 1. The molecule has 0 N–H and O–H groups in total. The van der Waals surface area contributed by atoms with Gasteiger partial charge in [0.2, 0.25) is 0 Å². The highest BCUT2D eigenvalue weighted by molar-refractivity contribution is 7.79. The molecule has 0 unspecified atom stereocenters. The number of methoxy groups -OCH3 is 1. The van der Waals surface area contributed by atoms with Gasteiger partial charge in [0.05, 0.1) is 6.61 Å². The zero-order valence-electron chi connectivity index (χ0n) is 11.9. The fourth-order valence-electron chi connectivity index (χ4n) is 3.03. The van der Waals surface area contributed by atoms with E-state index in [0.717, 1.165) is 5.56 Å². The lowest BCUT2D eigenvalue weighted by Crippen LogP contribution is -2.61. The van der Waals surface area contributed by atoms with Gasteiger partial charge >= 0.3 is 5.24 Å². The minimum Gasteiger partial charge on any atom is -0.446 e. The van der Waals surface area contributed by atoms with Crippen LogP contribution in [-0.4, -0.2) is 49.7 Å². The molecule has 0 bridgehead atoms. The molecule has 6 atom stereocenters. The molecule has 0 aromatic heterocycles. The van der Waals surface area contributed by atoms with Gasteiger partial charge in [0.1, 0.15) is 12.2 Å². The minimum absolute atomic E-state index is 0.104. The zero-order chi connectivity index (χ0) is 15.1. The molecular formula is C15H16O6S. The first-order valence-corrected chi connectivity index (χ1v) is 7.54. The van der Waals surface area contributed by atoms with Crippen LogP contribution in [0.2, 0.25) is 0 Å². The highest BCUT2D eigenvalue weighted by atomic mass is 32.1. The molecule has 3 heterocycles. The van der Waals surface area contributed by atoms with Crippen molar-refractivity contribution < 1.29 is 28.4 Å². The smallest absolute Gasteiger partial charge is 0.353 e. The van der Waals surface area contributed by atoms with Crippen LogP contribution in [0.25, 0.3) is 0 Å². The highest BCUT2D eigenvalue weighted by Crippen LogP contribution is 2.38. The van der Waals surface area contributed by atoms with E-state index < -0.39 is 18.7 Å². The second kappa shape index (κ2) is 5.75. The number of rotatable bonds is 2. The first-order valence-electron chi connectivity index (χ1n) is 7.14. The summed E-state index contributed by atoms with van der Waals surface area (Å²) in [5, 5.41) is 0.104. The first-order chi connectivity index (χ1) is 10.8. The third kappa shape index (κ3) is 2.39. The number of benzene rings is 1. The van der Waals surface area contributed by atoms with Crippen molar-refractivity contribution in [2.45, 2.75) is 37.0 Å². The highest BCUT2D eigenvalue weighted by Gasteiger charge is 2.56. The summed E-state index contributed by atoms with van der Waals surface area (Å²) in [5.74, 6) is 0. The fraction of sp³-hybridized carbons (Fsp3) is 0.533. The Morgan fingerprint density at radius 1 is 1.05 bits per heavy atom. The number of hydrogen-bond acceptors (Lipinski definition) is 7. The van der Waals surface area contributed by atoms with Gasteiger partial charge in [0.25, 0.3) is 0 Å². The van der Waals surface area contributed by atoms with Crippen LogP contribution in [0, 0.1) is 0 Å². The van der Waals surface area contributed by atoms with Gasteiger partial charge in [-0.25, -0.2) is 0 Å². The largest absolute Gasteiger partial charge is 0.446 e. The van der Waals surface area contributed by atoms with E-state index in [-0.39, 0.29) is 23.5 Å². The topological polar surface area (TPSA) is 55.4 Å². The van der Waals surface area contributed by atoms with Gasteiger partial charge in [-0.05, 0) is 0 Å². The summed E-state index contributed by atoms with van der Waals surface area (Å²) in [7, 11) is 1.56. The average Bonchev–Trinajstić information content (AvgIpc) is 2.96. The molecule has 118 valence electrons. The lowest BCUT2D eigenvalue weighted by Gasteiger charge is -2.44. The second-order valence-corrected chi connectivity index (χ2v) is 5.70. The van der Waals surface area contributed by atoms with E-state index in [2.05, 4.69) is 0 Å². The lowest BCUT2D eigenvalue weighted by molar-refractivity contribution is -0.343. The molecule has 3 saturated heterocycles. The molecule has 0 aliphatic carbocycles. The van der Waals surface area contributed by atoms with Crippen LogP contribution >= 0.6 is 12.2 Å². The van der Waals surface area contributed by atoms with Crippen LogP contribution in [0.5, 0.6) is 0 Å². The maximum Gasteiger partial charge on any atom is 0.353 e. The van der Waals surface area contributed by atoms with Crippen LogP contribution in [0.15, 0.2) is 30.3 Å². The van der Waals surface area contributed by atoms with Crippen LogP contribution in [0.1, 0.15) is 11.9 Å². The maximum absolute atomic E-state index is 6.06. The van der Waals surface area contributed by atoms with Gasteiger partial charge in [-0.15, -0.1) is 0 Å². The van der Waals surface area contributed by atoms with E-state index in [1.54, 1.807) is 7.11 Å². The van der Waals surface area contributed by atoms with Crippen molar-refractivity contribution in [3.05, 3.63) is 35.9 Å². The summed E-state index contributed by atoms with van der Waals surface area (Å²) < 4.78 is 34.1. The molecule has 4 rings (SSSR count). The molecule has 3 fully saturated rings. The van der Waals surface area contributed by atoms with E-state index in [1.807, 2.05) is 30.3 Å². The summed E-state index contributed by atoms with van der Waals surface area (Å²) in [6.45, 7) is 0.392. The Morgan fingerprint density at radius 2 is 1.82 bits per heavy atom. The van der Waals surface area contributed by atoms with Crippen LogP contribution in [-0.2, 0) is 28.4 Å². The quantitative estimate of drug-likeness (QED) is 0.765. The SMILES string of the molecule is CO[C@@H]1O[C@@H]2CO[C@@H](c3ccccc3)O[C@H]2[C@@H]2OC(=S)O[C@@H]12. The third-order valence-corrected chi connectivity index (χ3v) is 4.24. The second-order valence-electron chi connectivity index (χ2n) is 5.37. The van der Waals surface area contributed by atoms with Gasteiger partial charge in [-0.1, -0.05) is 30.3 Å². The Labute approximate surface area is 133 Å². The van der Waals surface area contributed by atoms with Crippen LogP contribution < -0.4 is 0 Å². The first kappa shape index (κ1) is 14.3. The van der Waals surface area contributed by atoms with Crippen molar-refractivity contribution in [1.29, 1.82) is 0 Å². The predicted octanol–water partition coefficient (Wildman–Crippen LogP) is 1.54. The van der Waals surface area contributed by atoms with Crippen LogP contribution in [0.4, 0.5) is 0 Å². The summed E-state index contributed by atoms with van der Waals surface area (Å²) in [4.78, 5) is 0. The molecule has 6 nitrogen and oxygen atoms in total. The van der Waals surface area contributed by atoms with E-state index >= 15 is 0 Å². The van der Waals surface area contributed by atoms with Gasteiger partial charge in [0.15, 0.2) is 24.8 Å². The van der Waals surface area contributed by atoms with Gasteiger partial charge in [0, 0.05) is 24.9 Å². The molecule has 0 amide bonds. The van der Waals surface area contributed by atoms with E-state index in [1.165, 1.54) is 0 Å². The van der Waals surface area contributed by atoms with Crippen molar-refractivity contribution in [3.8, 4) is 0 Å². The predicted molar refractivity (Wildman–Crippen MR) is 78.0 cm³/mol. The molecular weight excluding hydrogens is 308 g/mol. The molecule has 1 aromatic rings. The molecule has 3 aliphatic heterocycles. The Morgan fingerprint density at radius 3 is 2.59 bits per heavy atom. The Balaban J connectivity index is 1.56. The molecule has 3 aliphatic rings. The van der Waals surface area contributed by atoms with Gasteiger partial charge < -0.3 is 28.4 Å². The third-order valence-electron chi connectivity index (χ3n) is 4.05. The van der Waals surface area contributed by atoms with E-state index in [9.17, 15) is 0 Å². The Kier molecular flexibility index (Phi) is 3.75. The standard InChI is InChI=1S/C15H16O6S/c1-16-14-12-11(20-15(22)21-12)10-9(18-14)7-17-13(19-10)8-5-3-2-4-6-8/h2-6,9-14H,7H2,1H3/t9-,10-,11+,12-,13-,14-/m1/s1. The Hall–Kier alpha value is -1.25. The monoisotopic (exact) mass is 324 g/mol. The van der Waals surface area contributed by atoms with E-state index in [4.69, 9.17) is 40.6 Å². The molecule has 0 saturated carbocycles. The fourth-order valence-corrected chi connectivity index (χ4v) is 3.25. The normalized spacial score (nSPS) is 40.3. The molecule has 0 radical (unpaired) electrons. The number of fused-ring (bicyclic) bond motifs is 3. The molecule has 22 heavy (non-hydrogen) atoms. The van der Waals surface area contributed by atoms with Gasteiger partial charge in [-0.3, -0.25) is 0 Å². The summed E-state index contributed by atoms with van der Waals surface area (Å²) >= 11 is 5.01. The Bertz CT molecular complexity index is 552. The maximum atomic E-state index is 6.06. The number of hydrogen-bond donors (Lipinski definition) is 0. The van der Waals surface area contributed by atoms with Crippen molar-refractivity contribution in [2.24, 2.45) is 0 Å². The summed E-state index contributed by atoms with van der Waals surface area (Å²) in [6, 6.07) is 9.76. The van der Waals surface area contributed by atoms with Gasteiger partial charge in [-0.2, -0.15) is 0 Å². The summed E-state index contributed by atoms with van der Waals surface area (Å²) in [5.41, 5.74) is 0.952. The zero-order valence-corrected chi connectivity index (χ0v) is 12.7.